The number of aliphatic imine (C=N–C) groups is 1. The topological polar surface area (TPSA) is 55.3 Å². The second-order valence-corrected chi connectivity index (χ2v) is 7.06. The van der Waals surface area contributed by atoms with E-state index < -0.39 is 0 Å². The molecule has 1 saturated heterocycles. The standard InChI is InChI=1S/C22H37N3O3/c1-4-19(28-21-10-7-6-8-11-21)18-24-22(23-5-2)25-14-12-20(13-15-25)27-17-9-16-26-3/h6-8,10-11,19-20H,4-5,9,12-18H2,1-3H3,(H,23,24). The molecule has 158 valence electrons. The molecule has 1 aliphatic rings. The number of benzene rings is 1. The minimum Gasteiger partial charge on any atom is -0.489 e. The van der Waals surface area contributed by atoms with Gasteiger partial charge in [-0.1, -0.05) is 25.1 Å². The van der Waals surface area contributed by atoms with Crippen LogP contribution in [0.5, 0.6) is 5.75 Å². The first kappa shape index (κ1) is 22.5. The summed E-state index contributed by atoms with van der Waals surface area (Å²) in [6, 6.07) is 9.98. The summed E-state index contributed by atoms with van der Waals surface area (Å²) in [5.74, 6) is 1.89. The van der Waals surface area contributed by atoms with Crippen molar-refractivity contribution >= 4 is 5.96 Å². The second-order valence-electron chi connectivity index (χ2n) is 7.06. The van der Waals surface area contributed by atoms with Gasteiger partial charge < -0.3 is 24.4 Å². The number of rotatable bonds is 11. The highest BCUT2D eigenvalue weighted by Gasteiger charge is 2.22. The van der Waals surface area contributed by atoms with Gasteiger partial charge in [0.25, 0.3) is 0 Å². The fraction of sp³-hybridized carbons (Fsp3) is 0.682. The second kappa shape index (κ2) is 13.4. The largest absolute Gasteiger partial charge is 0.489 e. The van der Waals surface area contributed by atoms with E-state index in [9.17, 15) is 0 Å². The third kappa shape index (κ3) is 8.07. The summed E-state index contributed by atoms with van der Waals surface area (Å²) in [5, 5.41) is 3.43. The number of nitrogens with zero attached hydrogens (tertiary/aromatic N) is 2. The van der Waals surface area contributed by atoms with Crippen molar-refractivity contribution in [3.63, 3.8) is 0 Å². The lowest BCUT2D eigenvalue weighted by Gasteiger charge is -2.34. The zero-order valence-corrected chi connectivity index (χ0v) is 17.7. The van der Waals surface area contributed by atoms with Crippen molar-refractivity contribution in [2.75, 3.05) is 46.5 Å². The van der Waals surface area contributed by atoms with E-state index in [2.05, 4.69) is 24.1 Å². The fourth-order valence-corrected chi connectivity index (χ4v) is 3.24. The Morgan fingerprint density at radius 3 is 2.57 bits per heavy atom. The summed E-state index contributed by atoms with van der Waals surface area (Å²) < 4.78 is 17.1. The summed E-state index contributed by atoms with van der Waals surface area (Å²) in [7, 11) is 1.73. The van der Waals surface area contributed by atoms with Crippen molar-refractivity contribution in [1.82, 2.24) is 10.2 Å². The van der Waals surface area contributed by atoms with Crippen LogP contribution in [0.2, 0.25) is 0 Å². The van der Waals surface area contributed by atoms with Gasteiger partial charge in [0, 0.05) is 40.0 Å². The Morgan fingerprint density at radius 2 is 1.93 bits per heavy atom. The van der Waals surface area contributed by atoms with Crippen LogP contribution in [-0.4, -0.2) is 69.6 Å². The van der Waals surface area contributed by atoms with Gasteiger partial charge in [0.2, 0.25) is 0 Å². The van der Waals surface area contributed by atoms with E-state index in [1.165, 1.54) is 0 Å². The van der Waals surface area contributed by atoms with Crippen molar-refractivity contribution in [2.24, 2.45) is 4.99 Å². The Labute approximate surface area is 170 Å². The number of guanidine groups is 1. The van der Waals surface area contributed by atoms with Gasteiger partial charge >= 0.3 is 0 Å². The van der Waals surface area contributed by atoms with Gasteiger partial charge in [0.15, 0.2) is 5.96 Å². The molecule has 1 unspecified atom stereocenters. The van der Waals surface area contributed by atoms with Gasteiger partial charge in [-0.3, -0.25) is 0 Å². The Morgan fingerprint density at radius 1 is 1.18 bits per heavy atom. The van der Waals surface area contributed by atoms with E-state index in [0.29, 0.717) is 12.6 Å². The maximum atomic E-state index is 6.08. The number of methoxy groups -OCH3 is 1. The molecular formula is C22H37N3O3. The predicted molar refractivity (Wildman–Crippen MR) is 114 cm³/mol. The molecule has 0 amide bonds. The van der Waals surface area contributed by atoms with E-state index >= 15 is 0 Å². The Bertz CT molecular complexity index is 545. The summed E-state index contributed by atoms with van der Waals surface area (Å²) in [6.07, 6.45) is 4.39. The predicted octanol–water partition coefficient (Wildman–Crippen LogP) is 3.33. The average molecular weight is 392 g/mol. The first-order valence-electron chi connectivity index (χ1n) is 10.6. The molecule has 0 aliphatic carbocycles. The molecule has 6 nitrogen and oxygen atoms in total. The third-order valence-electron chi connectivity index (χ3n) is 4.87. The molecule has 1 N–H and O–H groups in total. The van der Waals surface area contributed by atoms with E-state index in [0.717, 1.165) is 70.2 Å². The number of piperidine rings is 1. The van der Waals surface area contributed by atoms with E-state index in [4.69, 9.17) is 19.2 Å². The summed E-state index contributed by atoms with van der Waals surface area (Å²) in [4.78, 5) is 7.21. The van der Waals surface area contributed by atoms with Crippen LogP contribution in [0, 0.1) is 0 Å². The minimum absolute atomic E-state index is 0.0812. The monoisotopic (exact) mass is 391 g/mol. The van der Waals surface area contributed by atoms with Crippen LogP contribution in [0.1, 0.15) is 39.5 Å². The molecule has 1 fully saturated rings. The molecule has 1 atom stereocenters. The maximum absolute atomic E-state index is 6.08. The van der Waals surface area contributed by atoms with E-state index in [1.807, 2.05) is 30.3 Å². The van der Waals surface area contributed by atoms with Crippen molar-refractivity contribution < 1.29 is 14.2 Å². The zero-order chi connectivity index (χ0) is 20.0. The molecule has 0 spiro atoms. The summed E-state index contributed by atoms with van der Waals surface area (Å²) in [5.41, 5.74) is 0. The lowest BCUT2D eigenvalue weighted by atomic mass is 10.1. The molecule has 6 heteroatoms. The molecule has 1 aromatic carbocycles. The molecule has 0 bridgehead atoms. The molecule has 0 aromatic heterocycles. The number of hydrogen-bond donors (Lipinski definition) is 1. The van der Waals surface area contributed by atoms with E-state index in [-0.39, 0.29) is 6.10 Å². The number of nitrogens with one attached hydrogen (secondary N) is 1. The number of ether oxygens (including phenoxy) is 3. The van der Waals surface area contributed by atoms with Crippen LogP contribution in [0.25, 0.3) is 0 Å². The Kier molecular flexibility index (Phi) is 10.8. The Hall–Kier alpha value is -1.79. The molecule has 28 heavy (non-hydrogen) atoms. The lowest BCUT2D eigenvalue weighted by molar-refractivity contribution is 0.00987. The van der Waals surface area contributed by atoms with Crippen LogP contribution < -0.4 is 10.1 Å². The molecule has 0 saturated carbocycles. The first-order chi connectivity index (χ1) is 13.8. The van der Waals surface area contributed by atoms with Gasteiger partial charge in [0.1, 0.15) is 11.9 Å². The molecular weight excluding hydrogens is 354 g/mol. The number of para-hydroxylation sites is 1. The van der Waals surface area contributed by atoms with Gasteiger partial charge in [0.05, 0.1) is 12.6 Å². The van der Waals surface area contributed by atoms with E-state index in [1.54, 1.807) is 7.11 Å². The molecule has 2 rings (SSSR count). The summed E-state index contributed by atoms with van der Waals surface area (Å²) in [6.45, 7) is 9.25. The third-order valence-corrected chi connectivity index (χ3v) is 4.87. The highest BCUT2D eigenvalue weighted by atomic mass is 16.5. The van der Waals surface area contributed by atoms with Crippen LogP contribution in [0.15, 0.2) is 35.3 Å². The number of hydrogen-bond acceptors (Lipinski definition) is 4. The molecule has 1 aliphatic heterocycles. The van der Waals surface area contributed by atoms with Crippen molar-refractivity contribution in [2.45, 2.75) is 51.7 Å². The smallest absolute Gasteiger partial charge is 0.194 e. The van der Waals surface area contributed by atoms with Crippen LogP contribution in [0.3, 0.4) is 0 Å². The SMILES string of the molecule is CCNC(=NCC(CC)Oc1ccccc1)N1CCC(OCCCOC)CC1. The highest BCUT2D eigenvalue weighted by Crippen LogP contribution is 2.15. The molecule has 1 heterocycles. The van der Waals surface area contributed by atoms with Crippen LogP contribution in [-0.2, 0) is 9.47 Å². The van der Waals surface area contributed by atoms with Gasteiger partial charge in [-0.25, -0.2) is 4.99 Å². The van der Waals surface area contributed by atoms with Crippen LogP contribution >= 0.6 is 0 Å². The first-order valence-corrected chi connectivity index (χ1v) is 10.6. The van der Waals surface area contributed by atoms with Crippen LogP contribution in [0.4, 0.5) is 0 Å². The lowest BCUT2D eigenvalue weighted by Crippen LogP contribution is -2.47. The fourth-order valence-electron chi connectivity index (χ4n) is 3.24. The van der Waals surface area contributed by atoms with Gasteiger partial charge in [-0.05, 0) is 44.7 Å². The highest BCUT2D eigenvalue weighted by molar-refractivity contribution is 5.80. The van der Waals surface area contributed by atoms with Gasteiger partial charge in [-0.2, -0.15) is 0 Å². The van der Waals surface area contributed by atoms with Crippen molar-refractivity contribution in [1.29, 1.82) is 0 Å². The number of likely N-dealkylation sites (tertiary alicyclic amines) is 1. The normalized spacial score (nSPS) is 16.8. The average Bonchev–Trinajstić information content (AvgIpc) is 2.74. The van der Waals surface area contributed by atoms with Crippen molar-refractivity contribution in [3.8, 4) is 5.75 Å². The molecule has 0 radical (unpaired) electrons. The summed E-state index contributed by atoms with van der Waals surface area (Å²) >= 11 is 0. The van der Waals surface area contributed by atoms with Crippen molar-refractivity contribution in [3.05, 3.63) is 30.3 Å². The van der Waals surface area contributed by atoms with Gasteiger partial charge in [-0.15, -0.1) is 0 Å². The minimum atomic E-state index is 0.0812. The zero-order valence-electron chi connectivity index (χ0n) is 17.7. The quantitative estimate of drug-likeness (QED) is 0.356. The Balaban J connectivity index is 1.82. The maximum Gasteiger partial charge on any atom is 0.194 e. The molecule has 1 aromatic rings.